The number of hydrogen-bond donors (Lipinski definition) is 2. The van der Waals surface area contributed by atoms with E-state index in [0.29, 0.717) is 18.8 Å². The molecular formula is C19H27F2IN6. The standard InChI is InChI=1S/C19H26F2N6.HI/c1-3-22-19(23-8-6-14-11-24-26(2)12-14)25-16-7-9-27(13-16)18-5-4-15(20)10-17(18)21;/h4-5,10-12,16H,3,6-9,13H2,1-2H3,(H2,22,23,25);1H. The summed E-state index contributed by atoms with van der Waals surface area (Å²) in [5.74, 6) is -0.319. The summed E-state index contributed by atoms with van der Waals surface area (Å²) in [6, 6.07) is 3.88. The Kier molecular flexibility index (Phi) is 8.46. The van der Waals surface area contributed by atoms with Gasteiger partial charge >= 0.3 is 0 Å². The number of rotatable bonds is 6. The summed E-state index contributed by atoms with van der Waals surface area (Å²) in [6.07, 6.45) is 5.52. The van der Waals surface area contributed by atoms with E-state index in [9.17, 15) is 8.78 Å². The number of benzene rings is 1. The molecular weight excluding hydrogens is 477 g/mol. The average molecular weight is 504 g/mol. The molecule has 28 heavy (non-hydrogen) atoms. The Hall–Kier alpha value is -1.91. The third-order valence-corrected chi connectivity index (χ3v) is 4.55. The first-order chi connectivity index (χ1) is 13.0. The summed E-state index contributed by atoms with van der Waals surface area (Å²) in [6.45, 7) is 4.81. The Morgan fingerprint density at radius 3 is 2.86 bits per heavy atom. The molecule has 0 aliphatic carbocycles. The van der Waals surface area contributed by atoms with Crippen molar-refractivity contribution in [2.24, 2.45) is 12.0 Å². The van der Waals surface area contributed by atoms with E-state index in [1.807, 2.05) is 31.3 Å². The van der Waals surface area contributed by atoms with Crippen molar-refractivity contribution in [3.05, 3.63) is 47.8 Å². The molecule has 0 saturated carbocycles. The number of hydrogen-bond acceptors (Lipinski definition) is 3. The van der Waals surface area contributed by atoms with Crippen LogP contribution in [0.15, 0.2) is 35.6 Å². The first kappa shape index (κ1) is 22.4. The molecule has 1 aliphatic heterocycles. The maximum Gasteiger partial charge on any atom is 0.191 e. The van der Waals surface area contributed by atoms with Crippen LogP contribution in [-0.4, -0.2) is 48.0 Å². The minimum Gasteiger partial charge on any atom is -0.367 e. The van der Waals surface area contributed by atoms with Crippen LogP contribution in [-0.2, 0) is 13.5 Å². The normalized spacial score (nSPS) is 16.8. The lowest BCUT2D eigenvalue weighted by molar-refractivity contribution is 0.580. The number of aliphatic imine (C=N–C) groups is 1. The molecule has 6 nitrogen and oxygen atoms in total. The van der Waals surface area contributed by atoms with Crippen LogP contribution in [0.1, 0.15) is 18.9 Å². The summed E-state index contributed by atoms with van der Waals surface area (Å²) >= 11 is 0. The number of anilines is 1. The molecule has 1 atom stereocenters. The Bertz CT molecular complexity index is 794. The van der Waals surface area contributed by atoms with Gasteiger partial charge in [0.05, 0.1) is 11.9 Å². The van der Waals surface area contributed by atoms with E-state index in [0.717, 1.165) is 43.5 Å². The lowest BCUT2D eigenvalue weighted by Crippen LogP contribution is -2.44. The van der Waals surface area contributed by atoms with Crippen LogP contribution < -0.4 is 15.5 Å². The largest absolute Gasteiger partial charge is 0.367 e. The molecule has 1 aliphatic rings. The number of nitrogens with one attached hydrogen (secondary N) is 2. The second-order valence-corrected chi connectivity index (χ2v) is 6.70. The molecule has 9 heteroatoms. The van der Waals surface area contributed by atoms with Gasteiger partial charge in [-0.2, -0.15) is 5.10 Å². The molecule has 0 radical (unpaired) electrons. The van der Waals surface area contributed by atoms with Gasteiger partial charge in [0.25, 0.3) is 0 Å². The van der Waals surface area contributed by atoms with Crippen LogP contribution in [0.2, 0.25) is 0 Å². The highest BCUT2D eigenvalue weighted by atomic mass is 127. The van der Waals surface area contributed by atoms with Crippen LogP contribution in [0.4, 0.5) is 14.5 Å². The molecule has 1 unspecified atom stereocenters. The van der Waals surface area contributed by atoms with E-state index in [-0.39, 0.29) is 30.0 Å². The fourth-order valence-electron chi connectivity index (χ4n) is 3.25. The molecule has 2 aromatic rings. The smallest absolute Gasteiger partial charge is 0.191 e. The van der Waals surface area contributed by atoms with Crippen LogP contribution in [0, 0.1) is 11.6 Å². The zero-order valence-electron chi connectivity index (χ0n) is 16.2. The van der Waals surface area contributed by atoms with Gasteiger partial charge in [0.15, 0.2) is 5.96 Å². The maximum atomic E-state index is 14.0. The fraction of sp³-hybridized carbons (Fsp3) is 0.474. The number of nitrogens with zero attached hydrogens (tertiary/aromatic N) is 4. The van der Waals surface area contributed by atoms with Crippen LogP contribution in [0.5, 0.6) is 0 Å². The highest BCUT2D eigenvalue weighted by Gasteiger charge is 2.25. The van der Waals surface area contributed by atoms with Gasteiger partial charge < -0.3 is 15.5 Å². The number of aromatic nitrogens is 2. The van der Waals surface area contributed by atoms with Gasteiger partial charge in [0, 0.05) is 51.5 Å². The lowest BCUT2D eigenvalue weighted by atomic mass is 10.2. The molecule has 154 valence electrons. The summed E-state index contributed by atoms with van der Waals surface area (Å²) in [5, 5.41) is 10.8. The first-order valence-corrected chi connectivity index (χ1v) is 9.27. The van der Waals surface area contributed by atoms with Crippen molar-refractivity contribution < 1.29 is 8.78 Å². The zero-order chi connectivity index (χ0) is 19.2. The summed E-state index contributed by atoms with van der Waals surface area (Å²) in [7, 11) is 1.90. The highest BCUT2D eigenvalue weighted by Crippen LogP contribution is 2.24. The molecule has 0 bridgehead atoms. The molecule has 0 amide bonds. The Morgan fingerprint density at radius 1 is 1.36 bits per heavy atom. The van der Waals surface area contributed by atoms with Crippen molar-refractivity contribution in [1.29, 1.82) is 0 Å². The predicted molar refractivity (Wildman–Crippen MR) is 118 cm³/mol. The number of guanidine groups is 1. The van der Waals surface area contributed by atoms with E-state index < -0.39 is 11.6 Å². The summed E-state index contributed by atoms with van der Waals surface area (Å²) in [4.78, 5) is 6.56. The first-order valence-electron chi connectivity index (χ1n) is 9.27. The number of halogens is 3. The van der Waals surface area contributed by atoms with Gasteiger partial charge in [0.1, 0.15) is 11.6 Å². The third kappa shape index (κ3) is 6.05. The summed E-state index contributed by atoms with van der Waals surface area (Å²) in [5.41, 5.74) is 1.59. The van der Waals surface area contributed by atoms with Crippen molar-refractivity contribution in [3.63, 3.8) is 0 Å². The van der Waals surface area contributed by atoms with E-state index in [1.54, 1.807) is 4.68 Å². The Balaban J connectivity index is 0.00000280. The molecule has 1 aromatic heterocycles. The summed E-state index contributed by atoms with van der Waals surface area (Å²) < 4.78 is 28.9. The molecule has 1 fully saturated rings. The van der Waals surface area contributed by atoms with Crippen molar-refractivity contribution in [2.75, 3.05) is 31.1 Å². The van der Waals surface area contributed by atoms with Crippen molar-refractivity contribution in [3.8, 4) is 0 Å². The second-order valence-electron chi connectivity index (χ2n) is 6.70. The minimum atomic E-state index is -0.555. The van der Waals surface area contributed by atoms with Gasteiger partial charge in [-0.05, 0) is 37.5 Å². The zero-order valence-corrected chi connectivity index (χ0v) is 18.5. The second kappa shape index (κ2) is 10.6. The molecule has 2 heterocycles. The topological polar surface area (TPSA) is 57.5 Å². The molecule has 0 spiro atoms. The van der Waals surface area contributed by atoms with E-state index in [2.05, 4.69) is 20.7 Å². The quantitative estimate of drug-likeness (QED) is 0.361. The van der Waals surface area contributed by atoms with E-state index in [1.165, 1.54) is 12.1 Å². The van der Waals surface area contributed by atoms with Gasteiger partial charge in [0.2, 0.25) is 0 Å². The van der Waals surface area contributed by atoms with Crippen LogP contribution in [0.25, 0.3) is 0 Å². The lowest BCUT2D eigenvalue weighted by Gasteiger charge is -2.21. The molecule has 1 saturated heterocycles. The highest BCUT2D eigenvalue weighted by molar-refractivity contribution is 14.0. The molecule has 2 N–H and O–H groups in total. The molecule has 1 aromatic carbocycles. The Labute approximate surface area is 181 Å². The van der Waals surface area contributed by atoms with Gasteiger partial charge in [-0.3, -0.25) is 9.67 Å². The van der Waals surface area contributed by atoms with E-state index in [4.69, 9.17) is 0 Å². The van der Waals surface area contributed by atoms with E-state index >= 15 is 0 Å². The minimum absolute atomic E-state index is 0. The van der Waals surface area contributed by atoms with Gasteiger partial charge in [-0.1, -0.05) is 0 Å². The van der Waals surface area contributed by atoms with Crippen molar-refractivity contribution in [1.82, 2.24) is 20.4 Å². The Morgan fingerprint density at radius 2 is 2.18 bits per heavy atom. The average Bonchev–Trinajstić information content (AvgIpc) is 3.24. The van der Waals surface area contributed by atoms with Crippen LogP contribution in [0.3, 0.4) is 0 Å². The third-order valence-electron chi connectivity index (χ3n) is 4.55. The van der Waals surface area contributed by atoms with Crippen molar-refractivity contribution >= 4 is 35.6 Å². The van der Waals surface area contributed by atoms with Crippen LogP contribution >= 0.6 is 24.0 Å². The van der Waals surface area contributed by atoms with Crippen molar-refractivity contribution in [2.45, 2.75) is 25.8 Å². The fourth-order valence-corrected chi connectivity index (χ4v) is 3.25. The molecule has 3 rings (SSSR count). The van der Waals surface area contributed by atoms with Gasteiger partial charge in [-0.15, -0.1) is 24.0 Å². The number of aryl methyl sites for hydroxylation is 1. The predicted octanol–water partition coefficient (Wildman–Crippen LogP) is 2.69. The maximum absolute atomic E-state index is 14.0. The SMILES string of the molecule is CCNC(=NCCc1cnn(C)c1)NC1CCN(c2ccc(F)cc2F)C1.I. The van der Waals surface area contributed by atoms with Gasteiger partial charge in [-0.25, -0.2) is 8.78 Å². The monoisotopic (exact) mass is 504 g/mol.